The van der Waals surface area contributed by atoms with E-state index in [4.69, 9.17) is 5.73 Å². The highest BCUT2D eigenvalue weighted by Gasteiger charge is 2.14. The molecule has 0 fully saturated rings. The minimum Gasteiger partial charge on any atom is -0.321 e. The van der Waals surface area contributed by atoms with E-state index < -0.39 is 0 Å². The molecule has 0 saturated heterocycles. The Hall–Kier alpha value is -0.340. The van der Waals surface area contributed by atoms with Crippen LogP contribution >= 0.6 is 11.3 Å². The molecule has 0 radical (unpaired) electrons. The lowest BCUT2D eigenvalue weighted by Gasteiger charge is -2.15. The van der Waals surface area contributed by atoms with E-state index in [-0.39, 0.29) is 5.54 Å². The molecule has 0 atom stereocenters. The summed E-state index contributed by atoms with van der Waals surface area (Å²) in [7, 11) is 0. The van der Waals surface area contributed by atoms with Crippen LogP contribution < -0.4 is 5.73 Å². The van der Waals surface area contributed by atoms with Crippen LogP contribution in [0.2, 0.25) is 0 Å². The SMILES string of the molecule is Cc1csc(C(C)(C)N)c1. The fourth-order valence-corrected chi connectivity index (χ4v) is 1.71. The van der Waals surface area contributed by atoms with Gasteiger partial charge in [0.2, 0.25) is 0 Å². The Kier molecular flexibility index (Phi) is 1.84. The van der Waals surface area contributed by atoms with Crippen LogP contribution in [0.15, 0.2) is 11.4 Å². The molecule has 0 aliphatic rings. The van der Waals surface area contributed by atoms with E-state index in [2.05, 4.69) is 18.4 Å². The summed E-state index contributed by atoms with van der Waals surface area (Å²) in [6.45, 7) is 6.14. The maximum atomic E-state index is 5.88. The zero-order valence-electron chi connectivity index (χ0n) is 6.64. The molecular formula is C8H13NS. The Balaban J connectivity index is 2.96. The molecule has 0 bridgehead atoms. The van der Waals surface area contributed by atoms with Crippen LogP contribution in [-0.4, -0.2) is 0 Å². The predicted molar refractivity (Wildman–Crippen MR) is 46.3 cm³/mol. The van der Waals surface area contributed by atoms with Gasteiger partial charge in [-0.3, -0.25) is 0 Å². The first kappa shape index (κ1) is 7.76. The van der Waals surface area contributed by atoms with Crippen molar-refractivity contribution in [1.82, 2.24) is 0 Å². The molecule has 1 rings (SSSR count). The number of rotatable bonds is 1. The van der Waals surface area contributed by atoms with Gasteiger partial charge in [-0.2, -0.15) is 0 Å². The number of aryl methyl sites for hydroxylation is 1. The van der Waals surface area contributed by atoms with Crippen molar-refractivity contribution >= 4 is 11.3 Å². The third kappa shape index (κ3) is 1.58. The molecule has 2 N–H and O–H groups in total. The molecule has 0 unspecified atom stereocenters. The van der Waals surface area contributed by atoms with Crippen LogP contribution in [0, 0.1) is 6.92 Å². The maximum absolute atomic E-state index is 5.88. The number of hydrogen-bond donors (Lipinski definition) is 1. The highest BCUT2D eigenvalue weighted by molar-refractivity contribution is 7.10. The van der Waals surface area contributed by atoms with E-state index in [1.165, 1.54) is 10.4 Å². The summed E-state index contributed by atoms with van der Waals surface area (Å²) in [6.07, 6.45) is 0. The molecule has 2 heteroatoms. The van der Waals surface area contributed by atoms with Crippen LogP contribution in [0.4, 0.5) is 0 Å². The molecule has 0 aliphatic carbocycles. The highest BCUT2D eigenvalue weighted by atomic mass is 32.1. The molecule has 0 aliphatic heterocycles. The van der Waals surface area contributed by atoms with Crippen LogP contribution in [0.5, 0.6) is 0 Å². The summed E-state index contributed by atoms with van der Waals surface area (Å²) in [4.78, 5) is 1.25. The van der Waals surface area contributed by atoms with Crippen LogP contribution in [0.25, 0.3) is 0 Å². The van der Waals surface area contributed by atoms with Crippen molar-refractivity contribution in [2.24, 2.45) is 5.73 Å². The van der Waals surface area contributed by atoms with E-state index in [1.807, 2.05) is 13.8 Å². The molecule has 1 heterocycles. The van der Waals surface area contributed by atoms with E-state index in [1.54, 1.807) is 11.3 Å². The van der Waals surface area contributed by atoms with Crippen LogP contribution in [0.3, 0.4) is 0 Å². The Morgan fingerprint density at radius 1 is 1.50 bits per heavy atom. The molecule has 0 aromatic carbocycles. The lowest BCUT2D eigenvalue weighted by Crippen LogP contribution is -2.27. The first-order chi connectivity index (χ1) is 4.50. The molecule has 0 amide bonds. The zero-order valence-corrected chi connectivity index (χ0v) is 7.46. The molecular weight excluding hydrogens is 142 g/mol. The molecule has 1 nitrogen and oxygen atoms in total. The molecule has 56 valence electrons. The van der Waals surface area contributed by atoms with Crippen LogP contribution in [-0.2, 0) is 5.54 Å². The van der Waals surface area contributed by atoms with E-state index in [0.717, 1.165) is 0 Å². The van der Waals surface area contributed by atoms with Crippen molar-refractivity contribution in [3.63, 3.8) is 0 Å². The summed E-state index contributed by atoms with van der Waals surface area (Å²) >= 11 is 1.73. The first-order valence-electron chi connectivity index (χ1n) is 3.34. The predicted octanol–water partition coefficient (Wildman–Crippen LogP) is 2.25. The summed E-state index contributed by atoms with van der Waals surface area (Å²) in [6, 6.07) is 2.14. The van der Waals surface area contributed by atoms with Gasteiger partial charge in [0.25, 0.3) is 0 Å². The van der Waals surface area contributed by atoms with Crippen LogP contribution in [0.1, 0.15) is 24.3 Å². The fourth-order valence-electron chi connectivity index (χ4n) is 0.769. The van der Waals surface area contributed by atoms with Crippen molar-refractivity contribution in [2.45, 2.75) is 26.3 Å². The van der Waals surface area contributed by atoms with Gasteiger partial charge in [-0.25, -0.2) is 0 Å². The van der Waals surface area contributed by atoms with Gasteiger partial charge >= 0.3 is 0 Å². The number of thiophene rings is 1. The van der Waals surface area contributed by atoms with Crippen molar-refractivity contribution in [1.29, 1.82) is 0 Å². The van der Waals surface area contributed by atoms with E-state index in [9.17, 15) is 0 Å². The van der Waals surface area contributed by atoms with Crippen molar-refractivity contribution < 1.29 is 0 Å². The summed E-state index contributed by atoms with van der Waals surface area (Å²) < 4.78 is 0. The average Bonchev–Trinajstić information content (AvgIpc) is 2.11. The summed E-state index contributed by atoms with van der Waals surface area (Å²) in [5.74, 6) is 0. The van der Waals surface area contributed by atoms with E-state index >= 15 is 0 Å². The highest BCUT2D eigenvalue weighted by Crippen LogP contribution is 2.23. The van der Waals surface area contributed by atoms with Crippen molar-refractivity contribution in [3.8, 4) is 0 Å². The molecule has 0 saturated carbocycles. The fraction of sp³-hybridized carbons (Fsp3) is 0.500. The quantitative estimate of drug-likeness (QED) is 0.661. The number of hydrogen-bond acceptors (Lipinski definition) is 2. The Morgan fingerprint density at radius 2 is 2.10 bits per heavy atom. The zero-order chi connectivity index (χ0) is 7.78. The Morgan fingerprint density at radius 3 is 2.30 bits per heavy atom. The minimum absolute atomic E-state index is 0.168. The lowest BCUT2D eigenvalue weighted by atomic mass is 10.1. The smallest absolute Gasteiger partial charge is 0.0446 e. The minimum atomic E-state index is -0.168. The van der Waals surface area contributed by atoms with Crippen molar-refractivity contribution in [3.05, 3.63) is 21.9 Å². The first-order valence-corrected chi connectivity index (χ1v) is 4.22. The van der Waals surface area contributed by atoms with Gasteiger partial charge in [0, 0.05) is 10.4 Å². The van der Waals surface area contributed by atoms with Crippen molar-refractivity contribution in [2.75, 3.05) is 0 Å². The topological polar surface area (TPSA) is 26.0 Å². The van der Waals surface area contributed by atoms with Gasteiger partial charge in [-0.15, -0.1) is 11.3 Å². The van der Waals surface area contributed by atoms with E-state index in [0.29, 0.717) is 0 Å². The maximum Gasteiger partial charge on any atom is 0.0446 e. The van der Waals surface area contributed by atoms with Gasteiger partial charge in [0.1, 0.15) is 0 Å². The van der Waals surface area contributed by atoms with Gasteiger partial charge in [-0.05, 0) is 37.8 Å². The second-order valence-electron chi connectivity index (χ2n) is 3.21. The normalized spacial score (nSPS) is 12.0. The molecule has 0 spiro atoms. The Labute approximate surface area is 65.9 Å². The van der Waals surface area contributed by atoms with Gasteiger partial charge in [0.15, 0.2) is 0 Å². The average molecular weight is 155 g/mol. The summed E-state index contributed by atoms with van der Waals surface area (Å²) in [5, 5.41) is 2.13. The molecule has 1 aromatic rings. The second kappa shape index (κ2) is 2.36. The lowest BCUT2D eigenvalue weighted by molar-refractivity contribution is 0.567. The van der Waals surface area contributed by atoms with Gasteiger partial charge in [0.05, 0.1) is 0 Å². The third-order valence-electron chi connectivity index (χ3n) is 1.37. The van der Waals surface area contributed by atoms with Gasteiger partial charge < -0.3 is 5.73 Å². The monoisotopic (exact) mass is 155 g/mol. The largest absolute Gasteiger partial charge is 0.321 e. The Bertz CT molecular complexity index is 219. The molecule has 10 heavy (non-hydrogen) atoms. The third-order valence-corrected chi connectivity index (χ3v) is 2.75. The standard InChI is InChI=1S/C8H13NS/c1-6-4-7(10-5-6)8(2,3)9/h4-5H,9H2,1-3H3. The van der Waals surface area contributed by atoms with Gasteiger partial charge in [-0.1, -0.05) is 0 Å². The molecule has 1 aromatic heterocycles. The number of nitrogens with two attached hydrogens (primary N) is 1. The summed E-state index contributed by atoms with van der Waals surface area (Å²) in [5.41, 5.74) is 7.02. The second-order valence-corrected chi connectivity index (χ2v) is 4.12.